The van der Waals surface area contributed by atoms with Crippen LogP contribution in [-0.2, 0) is 16.8 Å². The number of nitrogens with zero attached hydrogens (tertiary/aromatic N) is 2. The van der Waals surface area contributed by atoms with Gasteiger partial charge in [-0.25, -0.2) is 0 Å². The third kappa shape index (κ3) is 2.66. The number of hydrogen-bond acceptors (Lipinski definition) is 4. The normalized spacial score (nSPS) is 15.2. The predicted octanol–water partition coefficient (Wildman–Crippen LogP) is 3.78. The summed E-state index contributed by atoms with van der Waals surface area (Å²) in [5.74, 6) is 0. The number of ether oxygens (including phenoxy) is 1. The second-order valence-corrected chi connectivity index (χ2v) is 6.01. The summed E-state index contributed by atoms with van der Waals surface area (Å²) in [6.45, 7) is 3.98. The second kappa shape index (κ2) is 5.39. The summed E-state index contributed by atoms with van der Waals surface area (Å²) < 4.78 is 5.71. The molecule has 110 valence electrons. The van der Waals surface area contributed by atoms with Gasteiger partial charge in [0.05, 0.1) is 23.9 Å². The molecular weight excluding hydrogens is 294 g/mol. The maximum Gasteiger partial charge on any atom is 0.262 e. The van der Waals surface area contributed by atoms with E-state index < -0.39 is 5.60 Å². The van der Waals surface area contributed by atoms with Gasteiger partial charge in [-0.3, -0.25) is 4.98 Å². The molecule has 5 heteroatoms. The van der Waals surface area contributed by atoms with Crippen LogP contribution in [0.4, 0.5) is 5.69 Å². The molecule has 1 aliphatic rings. The molecular formula is C17H15N3OS. The van der Waals surface area contributed by atoms with Crippen LogP contribution in [0, 0.1) is 11.3 Å². The zero-order chi connectivity index (χ0) is 15.7. The lowest BCUT2D eigenvalue weighted by Gasteiger charge is -2.34. The molecule has 0 saturated carbocycles. The Balaban J connectivity index is 2.06. The summed E-state index contributed by atoms with van der Waals surface area (Å²) in [5.41, 5.74) is 4.11. The highest BCUT2D eigenvalue weighted by Crippen LogP contribution is 2.37. The van der Waals surface area contributed by atoms with E-state index in [2.05, 4.69) is 22.4 Å². The number of anilines is 1. The van der Waals surface area contributed by atoms with Crippen molar-refractivity contribution in [3.8, 4) is 17.3 Å². The average molecular weight is 309 g/mol. The van der Waals surface area contributed by atoms with E-state index in [0.29, 0.717) is 11.6 Å². The molecule has 0 saturated heterocycles. The number of pyridine rings is 1. The van der Waals surface area contributed by atoms with Crippen LogP contribution in [-0.4, -0.2) is 10.2 Å². The highest BCUT2D eigenvalue weighted by atomic mass is 32.1. The monoisotopic (exact) mass is 309 g/mol. The largest absolute Gasteiger partial charge is 0.460 e. The molecule has 0 aliphatic carbocycles. The van der Waals surface area contributed by atoms with Gasteiger partial charge in [0.15, 0.2) is 0 Å². The number of nitriles is 1. The van der Waals surface area contributed by atoms with Crippen LogP contribution in [0.15, 0.2) is 36.4 Å². The lowest BCUT2D eigenvalue weighted by Crippen LogP contribution is -2.34. The van der Waals surface area contributed by atoms with Gasteiger partial charge in [-0.1, -0.05) is 12.1 Å². The van der Waals surface area contributed by atoms with Crippen molar-refractivity contribution in [3.63, 3.8) is 0 Å². The van der Waals surface area contributed by atoms with E-state index in [1.54, 1.807) is 0 Å². The van der Waals surface area contributed by atoms with E-state index in [-0.39, 0.29) is 0 Å². The van der Waals surface area contributed by atoms with Crippen LogP contribution in [0.2, 0.25) is 0 Å². The Hall–Kier alpha value is -2.45. The average Bonchev–Trinajstić information content (AvgIpc) is 2.47. The number of thiocarbonyl (C=S) groups is 1. The summed E-state index contributed by atoms with van der Waals surface area (Å²) in [6.07, 6.45) is 0.309. The van der Waals surface area contributed by atoms with Gasteiger partial charge in [-0.05, 0) is 50.3 Å². The van der Waals surface area contributed by atoms with E-state index in [9.17, 15) is 0 Å². The Morgan fingerprint density at radius 2 is 2.14 bits per heavy atom. The second-order valence-electron chi connectivity index (χ2n) is 5.63. The third-order valence-electron chi connectivity index (χ3n) is 3.62. The van der Waals surface area contributed by atoms with Crippen LogP contribution >= 0.6 is 12.2 Å². The van der Waals surface area contributed by atoms with Gasteiger partial charge >= 0.3 is 0 Å². The fourth-order valence-electron chi connectivity index (χ4n) is 2.55. The minimum Gasteiger partial charge on any atom is -0.460 e. The van der Waals surface area contributed by atoms with Gasteiger partial charge in [0, 0.05) is 16.8 Å². The zero-order valence-corrected chi connectivity index (χ0v) is 13.2. The highest BCUT2D eigenvalue weighted by Gasteiger charge is 2.31. The smallest absolute Gasteiger partial charge is 0.262 e. The van der Waals surface area contributed by atoms with E-state index in [4.69, 9.17) is 22.2 Å². The molecule has 1 aliphatic heterocycles. The molecule has 0 unspecified atom stereocenters. The lowest BCUT2D eigenvalue weighted by molar-refractivity contribution is 0.0947. The van der Waals surface area contributed by atoms with Crippen LogP contribution in [0.1, 0.15) is 25.1 Å². The van der Waals surface area contributed by atoms with Crippen molar-refractivity contribution in [2.45, 2.75) is 25.9 Å². The molecule has 22 heavy (non-hydrogen) atoms. The van der Waals surface area contributed by atoms with E-state index >= 15 is 0 Å². The predicted molar refractivity (Wildman–Crippen MR) is 89.3 cm³/mol. The molecule has 0 fully saturated rings. The highest BCUT2D eigenvalue weighted by molar-refractivity contribution is 7.80. The number of hydrogen-bond donors (Lipinski definition) is 1. The topological polar surface area (TPSA) is 57.9 Å². The molecule has 0 bridgehead atoms. The summed E-state index contributed by atoms with van der Waals surface area (Å²) in [5, 5.41) is 12.3. The number of aromatic nitrogens is 1. The number of rotatable bonds is 2. The maximum atomic E-state index is 8.81. The van der Waals surface area contributed by atoms with Gasteiger partial charge in [0.2, 0.25) is 0 Å². The SMILES string of the molecule is CC1(C)OC(=S)Nc2ccc(-c3cccc(CC#N)n3)cc21. The first-order valence-electron chi connectivity index (χ1n) is 6.97. The first kappa shape index (κ1) is 14.5. The summed E-state index contributed by atoms with van der Waals surface area (Å²) >= 11 is 5.13. The molecule has 1 aromatic heterocycles. The molecule has 4 nitrogen and oxygen atoms in total. The summed E-state index contributed by atoms with van der Waals surface area (Å²) in [7, 11) is 0. The van der Waals surface area contributed by atoms with Crippen molar-refractivity contribution in [1.82, 2.24) is 4.98 Å². The van der Waals surface area contributed by atoms with Gasteiger partial charge in [-0.15, -0.1) is 0 Å². The van der Waals surface area contributed by atoms with Gasteiger partial charge in [0.25, 0.3) is 5.17 Å². The van der Waals surface area contributed by atoms with Crippen molar-refractivity contribution in [2.75, 3.05) is 5.32 Å². The number of fused-ring (bicyclic) bond motifs is 1. The van der Waals surface area contributed by atoms with Gasteiger partial charge in [0.1, 0.15) is 5.60 Å². The quantitative estimate of drug-likeness (QED) is 0.856. The molecule has 3 rings (SSSR count). The van der Waals surface area contributed by atoms with Crippen LogP contribution in [0.25, 0.3) is 11.3 Å². The van der Waals surface area contributed by atoms with Crippen LogP contribution in [0.3, 0.4) is 0 Å². The van der Waals surface area contributed by atoms with Crippen molar-refractivity contribution in [1.29, 1.82) is 5.26 Å². The van der Waals surface area contributed by atoms with Crippen molar-refractivity contribution >= 4 is 23.1 Å². The molecule has 0 atom stereocenters. The fraction of sp³-hybridized carbons (Fsp3) is 0.235. The maximum absolute atomic E-state index is 8.81. The number of nitrogens with one attached hydrogen (secondary N) is 1. The Bertz CT molecular complexity index is 793. The van der Waals surface area contributed by atoms with Gasteiger partial charge < -0.3 is 10.1 Å². The zero-order valence-electron chi connectivity index (χ0n) is 12.4. The Labute approximate surface area is 134 Å². The van der Waals surface area contributed by atoms with Crippen molar-refractivity contribution in [2.24, 2.45) is 0 Å². The Morgan fingerprint density at radius 3 is 2.91 bits per heavy atom. The minimum atomic E-state index is -0.488. The van der Waals surface area contributed by atoms with Gasteiger partial charge in [-0.2, -0.15) is 5.26 Å². The molecule has 0 radical (unpaired) electrons. The minimum absolute atomic E-state index is 0.309. The van der Waals surface area contributed by atoms with E-state index in [1.807, 2.05) is 44.2 Å². The Morgan fingerprint density at radius 1 is 1.32 bits per heavy atom. The van der Waals surface area contributed by atoms with Crippen LogP contribution in [0.5, 0.6) is 0 Å². The first-order chi connectivity index (χ1) is 10.5. The molecule has 2 aromatic rings. The molecule has 0 spiro atoms. The summed E-state index contributed by atoms with van der Waals surface area (Å²) in [6, 6.07) is 13.9. The Kier molecular flexibility index (Phi) is 3.55. The molecule has 0 amide bonds. The molecule has 1 aromatic carbocycles. The van der Waals surface area contributed by atoms with E-state index in [0.717, 1.165) is 28.2 Å². The standard InChI is InChI=1S/C17H15N3OS/c1-17(2)13-10-11(6-7-15(13)20-16(22)21-17)14-5-3-4-12(19-14)8-9-18/h3-7,10H,8H2,1-2H3,(H,20,22). The van der Waals surface area contributed by atoms with Crippen molar-refractivity contribution in [3.05, 3.63) is 47.7 Å². The fourth-order valence-corrected chi connectivity index (χ4v) is 2.87. The molecule has 2 heterocycles. The van der Waals surface area contributed by atoms with E-state index in [1.165, 1.54) is 0 Å². The first-order valence-corrected chi connectivity index (χ1v) is 7.38. The number of benzene rings is 1. The lowest BCUT2D eigenvalue weighted by atomic mass is 9.92. The summed E-state index contributed by atoms with van der Waals surface area (Å²) in [4.78, 5) is 4.53. The molecule has 1 N–H and O–H groups in total. The van der Waals surface area contributed by atoms with Crippen molar-refractivity contribution < 1.29 is 4.74 Å². The van der Waals surface area contributed by atoms with Crippen LogP contribution < -0.4 is 5.32 Å². The third-order valence-corrected chi connectivity index (χ3v) is 3.80.